The molecule has 3 heterocycles. The van der Waals surface area contributed by atoms with Gasteiger partial charge in [-0.05, 0) is 61.9 Å². The molecule has 0 spiro atoms. The minimum atomic E-state index is -0.256. The summed E-state index contributed by atoms with van der Waals surface area (Å²) in [5.74, 6) is 0.900. The topological polar surface area (TPSA) is 108 Å². The molecule has 8 nitrogen and oxygen atoms in total. The van der Waals surface area contributed by atoms with Gasteiger partial charge in [0.15, 0.2) is 5.78 Å². The molecule has 0 radical (unpaired) electrons. The van der Waals surface area contributed by atoms with E-state index in [-0.39, 0.29) is 18.2 Å². The zero-order valence-electron chi connectivity index (χ0n) is 20.1. The van der Waals surface area contributed by atoms with Crippen molar-refractivity contribution in [2.75, 3.05) is 23.8 Å². The number of fused-ring (bicyclic) bond motifs is 1. The summed E-state index contributed by atoms with van der Waals surface area (Å²) < 4.78 is 5.52. The molecular formula is C28H27N5O3. The highest BCUT2D eigenvalue weighted by Gasteiger charge is 2.27. The minimum Gasteiger partial charge on any atom is -0.494 e. The Morgan fingerprint density at radius 3 is 2.69 bits per heavy atom. The van der Waals surface area contributed by atoms with Gasteiger partial charge in [0.25, 0.3) is 5.91 Å². The van der Waals surface area contributed by atoms with E-state index in [4.69, 9.17) is 4.74 Å². The van der Waals surface area contributed by atoms with Crippen LogP contribution in [0.5, 0.6) is 5.75 Å². The second-order valence-corrected chi connectivity index (χ2v) is 8.54. The lowest BCUT2D eigenvalue weighted by molar-refractivity contribution is 0.0981. The summed E-state index contributed by atoms with van der Waals surface area (Å²) in [6.07, 6.45) is 1.64. The van der Waals surface area contributed by atoms with Crippen molar-refractivity contribution in [3.63, 3.8) is 0 Å². The third kappa shape index (κ3) is 4.71. The molecule has 1 aliphatic heterocycles. The predicted molar refractivity (Wildman–Crippen MR) is 140 cm³/mol. The Balaban J connectivity index is 1.47. The van der Waals surface area contributed by atoms with E-state index >= 15 is 0 Å². The molecule has 1 amide bonds. The summed E-state index contributed by atoms with van der Waals surface area (Å²) in [6, 6.07) is 18.7. The predicted octanol–water partition coefficient (Wildman–Crippen LogP) is 5.07. The van der Waals surface area contributed by atoms with Crippen LogP contribution in [0.3, 0.4) is 0 Å². The van der Waals surface area contributed by atoms with E-state index in [9.17, 15) is 9.59 Å². The van der Waals surface area contributed by atoms with E-state index < -0.39 is 0 Å². The van der Waals surface area contributed by atoms with Gasteiger partial charge in [-0.15, -0.1) is 0 Å². The fourth-order valence-electron chi connectivity index (χ4n) is 4.37. The number of nitrogens with zero attached hydrogens (tertiary/aromatic N) is 1. The van der Waals surface area contributed by atoms with Crippen molar-refractivity contribution in [2.24, 2.45) is 0 Å². The molecule has 4 aromatic rings. The van der Waals surface area contributed by atoms with E-state index in [0.29, 0.717) is 35.8 Å². The number of hydrogen-bond acceptors (Lipinski definition) is 6. The van der Waals surface area contributed by atoms with Crippen LogP contribution in [0.1, 0.15) is 38.9 Å². The summed E-state index contributed by atoms with van der Waals surface area (Å²) in [7, 11) is 0. The fourth-order valence-corrected chi connectivity index (χ4v) is 4.37. The Labute approximate surface area is 209 Å². The number of rotatable bonds is 7. The lowest BCUT2D eigenvalue weighted by Crippen LogP contribution is -2.29. The molecule has 1 aliphatic rings. The van der Waals surface area contributed by atoms with Crippen molar-refractivity contribution >= 4 is 28.9 Å². The Morgan fingerprint density at radius 2 is 1.92 bits per heavy atom. The Morgan fingerprint density at radius 1 is 1.08 bits per heavy atom. The van der Waals surface area contributed by atoms with Crippen LogP contribution in [0.2, 0.25) is 0 Å². The molecule has 0 saturated heterocycles. The molecule has 8 heteroatoms. The van der Waals surface area contributed by atoms with Crippen LogP contribution >= 0.6 is 0 Å². The summed E-state index contributed by atoms with van der Waals surface area (Å²) in [4.78, 5) is 33.6. The van der Waals surface area contributed by atoms with Gasteiger partial charge in [0.2, 0.25) is 0 Å². The van der Waals surface area contributed by atoms with E-state index in [1.165, 1.54) is 0 Å². The highest BCUT2D eigenvalue weighted by Crippen LogP contribution is 2.37. The van der Waals surface area contributed by atoms with Crippen LogP contribution in [0.4, 0.5) is 17.2 Å². The quantitative estimate of drug-likeness (QED) is 0.294. The average molecular weight is 482 g/mol. The average Bonchev–Trinajstić information content (AvgIpc) is 3.24. The third-order valence-electron chi connectivity index (χ3n) is 6.03. The second kappa shape index (κ2) is 10.1. The normalized spacial score (nSPS) is 12.7. The molecular weight excluding hydrogens is 454 g/mol. The monoisotopic (exact) mass is 481 g/mol. The minimum absolute atomic E-state index is 0.0192. The van der Waals surface area contributed by atoms with Crippen LogP contribution in [0.15, 0.2) is 66.9 Å². The Hall–Kier alpha value is -4.43. The van der Waals surface area contributed by atoms with Gasteiger partial charge < -0.3 is 25.7 Å². The fraction of sp³-hybridized carbons (Fsp3) is 0.179. The zero-order valence-corrected chi connectivity index (χ0v) is 20.1. The maximum Gasteiger partial charge on any atom is 0.257 e. The number of pyridine rings is 1. The first kappa shape index (κ1) is 23.3. The standard InChI is InChI=1S/C28H27N5O3/c1-3-36-20-9-10-21(17(2)13-20)28(35)33-24-14-18(11-12-30-24)26-27(31-19-7-5-4-6-8-19)25-22(32-26)15-29-16-23(25)34/h4-14,29,31-32H,3,15-16H2,1-2H3,(H,30,33,35). The summed E-state index contributed by atoms with van der Waals surface area (Å²) in [5.41, 5.74) is 5.98. The molecule has 36 heavy (non-hydrogen) atoms. The summed E-state index contributed by atoms with van der Waals surface area (Å²) in [6.45, 7) is 5.20. The number of aryl methyl sites for hydroxylation is 1. The van der Waals surface area contributed by atoms with Crippen LogP contribution < -0.4 is 20.7 Å². The molecule has 0 saturated carbocycles. The SMILES string of the molecule is CCOc1ccc(C(=O)Nc2cc(-c3[nH]c4c(c3Nc3ccccc3)C(=O)CNC4)ccn2)c(C)c1. The highest BCUT2D eigenvalue weighted by atomic mass is 16.5. The molecule has 0 aliphatic carbocycles. The van der Waals surface area contributed by atoms with Gasteiger partial charge >= 0.3 is 0 Å². The first-order valence-corrected chi connectivity index (χ1v) is 11.9. The first-order valence-electron chi connectivity index (χ1n) is 11.9. The van der Waals surface area contributed by atoms with Gasteiger partial charge in [-0.1, -0.05) is 18.2 Å². The van der Waals surface area contributed by atoms with Gasteiger partial charge in [-0.2, -0.15) is 0 Å². The van der Waals surface area contributed by atoms with Crippen LogP contribution in [0, 0.1) is 6.92 Å². The highest BCUT2D eigenvalue weighted by molar-refractivity contribution is 6.09. The van der Waals surface area contributed by atoms with Gasteiger partial charge in [-0.3, -0.25) is 9.59 Å². The number of ether oxygens (including phenoxy) is 1. The van der Waals surface area contributed by atoms with Crippen molar-refractivity contribution < 1.29 is 14.3 Å². The molecule has 2 aromatic heterocycles. The lowest BCUT2D eigenvalue weighted by Gasteiger charge is -2.14. The number of benzene rings is 2. The molecule has 0 atom stereocenters. The number of carbonyl (C=O) groups excluding carboxylic acids is 2. The van der Waals surface area contributed by atoms with E-state index in [0.717, 1.165) is 34.0 Å². The van der Waals surface area contributed by atoms with Crippen LogP contribution in [0.25, 0.3) is 11.3 Å². The Kier molecular flexibility index (Phi) is 6.51. The number of nitrogens with one attached hydrogen (secondary N) is 4. The van der Waals surface area contributed by atoms with E-state index in [1.54, 1.807) is 24.4 Å². The molecule has 2 aromatic carbocycles. The lowest BCUT2D eigenvalue weighted by atomic mass is 10.0. The van der Waals surface area contributed by atoms with Gasteiger partial charge in [0.05, 0.1) is 30.1 Å². The van der Waals surface area contributed by atoms with Crippen molar-refractivity contribution in [1.82, 2.24) is 15.3 Å². The number of carbonyl (C=O) groups is 2. The number of H-pyrrole nitrogens is 1. The molecule has 4 N–H and O–H groups in total. The summed E-state index contributed by atoms with van der Waals surface area (Å²) >= 11 is 0. The molecule has 5 rings (SSSR count). The zero-order chi connectivity index (χ0) is 25.1. The van der Waals surface area contributed by atoms with Crippen LogP contribution in [-0.4, -0.2) is 34.8 Å². The third-order valence-corrected chi connectivity index (χ3v) is 6.03. The van der Waals surface area contributed by atoms with Gasteiger partial charge in [0.1, 0.15) is 11.6 Å². The Bertz CT molecular complexity index is 1430. The van der Waals surface area contributed by atoms with Crippen LogP contribution in [-0.2, 0) is 6.54 Å². The second-order valence-electron chi connectivity index (χ2n) is 8.54. The maximum atomic E-state index is 13.0. The van der Waals surface area contributed by atoms with E-state index in [1.807, 2.05) is 56.3 Å². The van der Waals surface area contributed by atoms with Crippen molar-refractivity contribution in [1.29, 1.82) is 0 Å². The van der Waals surface area contributed by atoms with Crippen molar-refractivity contribution in [3.8, 4) is 17.0 Å². The van der Waals surface area contributed by atoms with E-state index in [2.05, 4.69) is 25.9 Å². The number of ketones is 1. The van der Waals surface area contributed by atoms with Crippen molar-refractivity contribution in [3.05, 3.63) is 89.2 Å². The first-order chi connectivity index (χ1) is 17.5. The number of hydrogen-bond donors (Lipinski definition) is 4. The molecule has 182 valence electrons. The number of anilines is 3. The number of amides is 1. The smallest absolute Gasteiger partial charge is 0.257 e. The van der Waals surface area contributed by atoms with Crippen molar-refractivity contribution in [2.45, 2.75) is 20.4 Å². The molecule has 0 unspecified atom stereocenters. The van der Waals surface area contributed by atoms with Gasteiger partial charge in [-0.25, -0.2) is 4.98 Å². The largest absolute Gasteiger partial charge is 0.494 e. The summed E-state index contributed by atoms with van der Waals surface area (Å²) in [5, 5.41) is 9.45. The number of aromatic nitrogens is 2. The number of Topliss-reactive ketones (excluding diaryl/α,β-unsaturated/α-hetero) is 1. The maximum absolute atomic E-state index is 13.0. The van der Waals surface area contributed by atoms with Gasteiger partial charge in [0, 0.05) is 35.2 Å². The number of aromatic amines is 1. The molecule has 0 bridgehead atoms. The number of para-hydroxylation sites is 1. The molecule has 0 fully saturated rings.